The molecule has 0 saturated carbocycles. The number of ether oxygens (including phenoxy) is 1. The highest BCUT2D eigenvalue weighted by atomic mass is 16.6. The van der Waals surface area contributed by atoms with Crippen LogP contribution in [-0.4, -0.2) is 30.2 Å². The van der Waals surface area contributed by atoms with Crippen LogP contribution in [0, 0.1) is 0 Å². The molecular weight excluding hydrogens is 96.0 g/mol. The summed E-state index contributed by atoms with van der Waals surface area (Å²) < 4.78 is 4.39. The minimum atomic E-state index is -0.801. The lowest BCUT2D eigenvalue weighted by molar-refractivity contribution is -0.0849. The zero-order chi connectivity index (χ0) is 5.70. The monoisotopic (exact) mass is 106 g/mol. The Labute approximate surface area is 42.5 Å². The molecule has 1 atom stereocenters. The molecule has 0 amide bonds. The summed E-state index contributed by atoms with van der Waals surface area (Å²) in [6, 6.07) is 0. The van der Waals surface area contributed by atoms with Gasteiger partial charge in [-0.25, -0.2) is 0 Å². The molecule has 0 rings (SSSR count). The van der Waals surface area contributed by atoms with E-state index in [1.54, 1.807) is 0 Å². The Kier molecular flexibility index (Phi) is 3.98. The van der Waals surface area contributed by atoms with Crippen molar-refractivity contribution in [2.45, 2.75) is 12.7 Å². The van der Waals surface area contributed by atoms with Crippen LogP contribution in [-0.2, 0) is 4.74 Å². The molecule has 3 nitrogen and oxygen atoms in total. The van der Waals surface area contributed by atoms with Gasteiger partial charge in [0.2, 0.25) is 0 Å². The maximum atomic E-state index is 8.48. The van der Waals surface area contributed by atoms with E-state index in [0.29, 0.717) is 0 Å². The molecule has 2 N–H and O–H groups in total. The van der Waals surface area contributed by atoms with Gasteiger partial charge in [0.25, 0.3) is 0 Å². The van der Waals surface area contributed by atoms with E-state index in [1.807, 2.05) is 0 Å². The zero-order valence-corrected chi connectivity index (χ0v) is 4.29. The molecule has 0 aliphatic rings. The molecule has 0 aliphatic heterocycles. The first-order valence-corrected chi connectivity index (χ1v) is 2.13. The first-order valence-electron chi connectivity index (χ1n) is 2.13. The molecule has 0 heterocycles. The molecule has 1 unspecified atom stereocenters. The van der Waals surface area contributed by atoms with Crippen LogP contribution in [0.4, 0.5) is 0 Å². The molecule has 44 valence electrons. The Hall–Kier alpha value is -0.120. The molecule has 0 aliphatic carbocycles. The van der Waals surface area contributed by atoms with Crippen molar-refractivity contribution in [2.24, 2.45) is 0 Å². The summed E-state index contributed by atoms with van der Waals surface area (Å²) in [5.74, 6) is 0. The Morgan fingerprint density at radius 2 is 2.29 bits per heavy atom. The number of aliphatic hydroxyl groups excluding tert-OH is 2. The van der Waals surface area contributed by atoms with Crippen molar-refractivity contribution < 1.29 is 14.9 Å². The van der Waals surface area contributed by atoms with E-state index in [4.69, 9.17) is 10.2 Å². The molecule has 0 aromatic carbocycles. The zero-order valence-electron chi connectivity index (χ0n) is 4.29. The topological polar surface area (TPSA) is 49.7 Å². The van der Waals surface area contributed by atoms with Gasteiger partial charge in [-0.15, -0.1) is 0 Å². The summed E-state index contributed by atoms with van der Waals surface area (Å²) in [5.41, 5.74) is 0. The molecule has 3 heteroatoms. The minimum Gasteiger partial charge on any atom is -0.396 e. The third-order valence-electron chi connectivity index (χ3n) is 0.648. The summed E-state index contributed by atoms with van der Waals surface area (Å²) in [7, 11) is 1.39. The number of rotatable bonds is 3. The molecule has 0 aromatic heterocycles. The predicted octanol–water partition coefficient (Wildman–Crippen LogP) is -0.666. The Morgan fingerprint density at radius 3 is 2.43 bits per heavy atom. The van der Waals surface area contributed by atoms with Gasteiger partial charge in [0.05, 0.1) is 0 Å². The van der Waals surface area contributed by atoms with Crippen LogP contribution in [0.2, 0.25) is 0 Å². The minimum absolute atomic E-state index is 0.0327. The summed E-state index contributed by atoms with van der Waals surface area (Å²) in [5, 5.41) is 16.6. The Morgan fingerprint density at radius 1 is 1.71 bits per heavy atom. The standard InChI is InChI=1S/C4H10O3/c1-7-4(6)2-3-5/h4-6H,2-3H2,1H3. The van der Waals surface area contributed by atoms with Crippen LogP contribution in [0.15, 0.2) is 0 Å². The van der Waals surface area contributed by atoms with Crippen molar-refractivity contribution in [1.82, 2.24) is 0 Å². The first kappa shape index (κ1) is 6.88. The molecule has 0 radical (unpaired) electrons. The lowest BCUT2D eigenvalue weighted by atomic mass is 10.4. The first-order chi connectivity index (χ1) is 3.31. The van der Waals surface area contributed by atoms with Gasteiger partial charge in [0.1, 0.15) is 0 Å². The van der Waals surface area contributed by atoms with Crippen LogP contribution >= 0.6 is 0 Å². The molecular formula is C4H10O3. The van der Waals surface area contributed by atoms with Crippen molar-refractivity contribution in [3.05, 3.63) is 0 Å². The van der Waals surface area contributed by atoms with Gasteiger partial charge in [0, 0.05) is 20.1 Å². The van der Waals surface area contributed by atoms with Gasteiger partial charge in [-0.3, -0.25) is 0 Å². The van der Waals surface area contributed by atoms with E-state index in [2.05, 4.69) is 4.74 Å². The van der Waals surface area contributed by atoms with Crippen LogP contribution in [0.25, 0.3) is 0 Å². The fourth-order valence-corrected chi connectivity index (χ4v) is 0.228. The van der Waals surface area contributed by atoms with Crippen molar-refractivity contribution in [1.29, 1.82) is 0 Å². The maximum absolute atomic E-state index is 8.48. The second kappa shape index (κ2) is 4.05. The third kappa shape index (κ3) is 3.72. The smallest absolute Gasteiger partial charge is 0.156 e. The second-order valence-corrected chi connectivity index (χ2v) is 1.20. The maximum Gasteiger partial charge on any atom is 0.156 e. The highest BCUT2D eigenvalue weighted by Crippen LogP contribution is 1.87. The van der Waals surface area contributed by atoms with E-state index in [-0.39, 0.29) is 13.0 Å². The highest BCUT2D eigenvalue weighted by Gasteiger charge is 1.95. The van der Waals surface area contributed by atoms with Gasteiger partial charge < -0.3 is 14.9 Å². The lowest BCUT2D eigenvalue weighted by Gasteiger charge is -2.02. The van der Waals surface area contributed by atoms with E-state index in [0.717, 1.165) is 0 Å². The summed E-state index contributed by atoms with van der Waals surface area (Å²) in [6.45, 7) is -0.0327. The van der Waals surface area contributed by atoms with Crippen LogP contribution in [0.3, 0.4) is 0 Å². The van der Waals surface area contributed by atoms with Crippen molar-refractivity contribution >= 4 is 0 Å². The quantitative estimate of drug-likeness (QED) is 0.469. The second-order valence-electron chi connectivity index (χ2n) is 1.20. The lowest BCUT2D eigenvalue weighted by Crippen LogP contribution is -2.09. The Bertz CT molecular complexity index is 37.9. The fourth-order valence-electron chi connectivity index (χ4n) is 0.228. The molecule has 0 spiro atoms. The van der Waals surface area contributed by atoms with E-state index < -0.39 is 6.29 Å². The van der Waals surface area contributed by atoms with Gasteiger partial charge in [-0.05, 0) is 0 Å². The van der Waals surface area contributed by atoms with Gasteiger partial charge in [-0.2, -0.15) is 0 Å². The largest absolute Gasteiger partial charge is 0.396 e. The van der Waals surface area contributed by atoms with Crippen molar-refractivity contribution in [3.8, 4) is 0 Å². The Balaban J connectivity index is 2.83. The van der Waals surface area contributed by atoms with Crippen LogP contribution in [0.5, 0.6) is 0 Å². The summed E-state index contributed by atoms with van der Waals surface area (Å²) in [6.07, 6.45) is -0.513. The molecule has 7 heavy (non-hydrogen) atoms. The van der Waals surface area contributed by atoms with Crippen LogP contribution < -0.4 is 0 Å². The average molecular weight is 106 g/mol. The van der Waals surface area contributed by atoms with Gasteiger partial charge in [0.15, 0.2) is 6.29 Å². The number of methoxy groups -OCH3 is 1. The molecule has 0 fully saturated rings. The van der Waals surface area contributed by atoms with Crippen LogP contribution in [0.1, 0.15) is 6.42 Å². The summed E-state index contributed by atoms with van der Waals surface area (Å²) in [4.78, 5) is 0. The van der Waals surface area contributed by atoms with Gasteiger partial charge in [-0.1, -0.05) is 0 Å². The normalized spacial score (nSPS) is 14.1. The third-order valence-corrected chi connectivity index (χ3v) is 0.648. The van der Waals surface area contributed by atoms with Crippen molar-refractivity contribution in [2.75, 3.05) is 13.7 Å². The SMILES string of the molecule is COC(O)CCO. The number of hydrogen-bond acceptors (Lipinski definition) is 3. The van der Waals surface area contributed by atoms with Crippen molar-refractivity contribution in [3.63, 3.8) is 0 Å². The molecule has 0 bridgehead atoms. The molecule has 0 saturated heterocycles. The summed E-state index contributed by atoms with van der Waals surface area (Å²) >= 11 is 0. The fraction of sp³-hybridized carbons (Fsp3) is 1.00. The number of hydrogen-bond donors (Lipinski definition) is 2. The van der Waals surface area contributed by atoms with E-state index in [1.165, 1.54) is 7.11 Å². The number of aliphatic hydroxyl groups is 2. The van der Waals surface area contributed by atoms with E-state index in [9.17, 15) is 0 Å². The average Bonchev–Trinajstić information content (AvgIpc) is 1.68. The van der Waals surface area contributed by atoms with E-state index >= 15 is 0 Å². The predicted molar refractivity (Wildman–Crippen MR) is 24.7 cm³/mol. The highest BCUT2D eigenvalue weighted by molar-refractivity contribution is 4.34. The molecule has 0 aromatic rings. The van der Waals surface area contributed by atoms with Gasteiger partial charge >= 0.3 is 0 Å².